The highest BCUT2D eigenvalue weighted by atomic mass is 79.9. The van der Waals surface area contributed by atoms with Crippen LogP contribution in [0.2, 0.25) is 0 Å². The van der Waals surface area contributed by atoms with E-state index in [9.17, 15) is 4.79 Å². The van der Waals surface area contributed by atoms with Crippen molar-refractivity contribution in [3.8, 4) is 11.5 Å². The van der Waals surface area contributed by atoms with Gasteiger partial charge in [-0.25, -0.2) is 0 Å². The number of fused-ring (bicyclic) bond motifs is 1. The number of carbonyl (C=O) groups excluding carboxylic acids is 1. The normalized spacial score (nSPS) is 15.0. The Morgan fingerprint density at radius 1 is 1.10 bits per heavy atom. The lowest BCUT2D eigenvalue weighted by atomic mass is 10.1. The Balaban J connectivity index is 2.03. The van der Waals surface area contributed by atoms with E-state index in [0.29, 0.717) is 22.8 Å². The summed E-state index contributed by atoms with van der Waals surface area (Å²) in [6, 6.07) is 11.0. The molecule has 0 atom stereocenters. The first-order valence-corrected chi connectivity index (χ1v) is 7.74. The highest BCUT2D eigenvalue weighted by Gasteiger charge is 2.27. The lowest BCUT2D eigenvalue weighted by Gasteiger charge is -2.06. The van der Waals surface area contributed by atoms with Gasteiger partial charge in [-0.1, -0.05) is 31.9 Å². The van der Waals surface area contributed by atoms with E-state index in [1.807, 2.05) is 24.3 Å². The average Bonchev–Trinajstić information content (AvgIpc) is 2.76. The van der Waals surface area contributed by atoms with Crippen molar-refractivity contribution in [3.05, 3.63) is 62.2 Å². The van der Waals surface area contributed by atoms with Gasteiger partial charge < -0.3 is 9.47 Å². The average molecular weight is 410 g/mol. The SMILES string of the molecule is COc1ccc(Br)cc1/C=C1\Oc2ccc(Br)cc2C1=O. The first-order valence-electron chi connectivity index (χ1n) is 6.16. The van der Waals surface area contributed by atoms with E-state index in [1.165, 1.54) is 0 Å². The number of allylic oxidation sites excluding steroid dienone is 1. The third-order valence-electron chi connectivity index (χ3n) is 3.11. The summed E-state index contributed by atoms with van der Waals surface area (Å²) in [5.41, 5.74) is 1.34. The molecular formula is C16H10Br2O3. The maximum absolute atomic E-state index is 12.4. The first kappa shape index (κ1) is 14.4. The van der Waals surface area contributed by atoms with E-state index in [-0.39, 0.29) is 5.78 Å². The maximum atomic E-state index is 12.4. The predicted molar refractivity (Wildman–Crippen MR) is 87.8 cm³/mol. The van der Waals surface area contributed by atoms with Gasteiger partial charge >= 0.3 is 0 Å². The summed E-state index contributed by atoms with van der Waals surface area (Å²) in [5, 5.41) is 0. The standard InChI is InChI=1S/C16H10Br2O3/c1-20-13-4-2-10(17)6-9(13)7-15-16(19)12-8-11(18)3-5-14(12)21-15/h2-8H,1H3/b15-7-. The van der Waals surface area contributed by atoms with Gasteiger partial charge in [0.15, 0.2) is 5.76 Å². The number of rotatable bonds is 2. The highest BCUT2D eigenvalue weighted by Crippen LogP contribution is 2.35. The smallest absolute Gasteiger partial charge is 0.232 e. The Labute approximate surface area is 138 Å². The van der Waals surface area contributed by atoms with Gasteiger partial charge in [-0.15, -0.1) is 0 Å². The van der Waals surface area contributed by atoms with Crippen LogP contribution in [-0.4, -0.2) is 12.9 Å². The van der Waals surface area contributed by atoms with Crippen molar-refractivity contribution >= 4 is 43.7 Å². The molecule has 0 N–H and O–H groups in total. The molecule has 106 valence electrons. The molecular weight excluding hydrogens is 400 g/mol. The molecule has 0 bridgehead atoms. The van der Waals surface area contributed by atoms with Crippen LogP contribution in [0, 0.1) is 0 Å². The molecule has 0 saturated heterocycles. The van der Waals surface area contributed by atoms with Gasteiger partial charge in [0, 0.05) is 14.5 Å². The molecule has 0 radical (unpaired) electrons. The Morgan fingerprint density at radius 2 is 1.81 bits per heavy atom. The lowest BCUT2D eigenvalue weighted by molar-refractivity contribution is 0.101. The minimum absolute atomic E-state index is 0.131. The molecule has 3 rings (SSSR count). The molecule has 0 saturated carbocycles. The Kier molecular flexibility index (Phi) is 3.87. The van der Waals surface area contributed by atoms with Crippen LogP contribution < -0.4 is 9.47 Å². The zero-order chi connectivity index (χ0) is 15.0. The molecule has 21 heavy (non-hydrogen) atoms. The zero-order valence-corrected chi connectivity index (χ0v) is 14.2. The third-order valence-corrected chi connectivity index (χ3v) is 4.09. The minimum atomic E-state index is -0.131. The van der Waals surface area contributed by atoms with Crippen molar-refractivity contribution in [3.63, 3.8) is 0 Å². The van der Waals surface area contributed by atoms with Crippen LogP contribution in [0.5, 0.6) is 11.5 Å². The van der Waals surface area contributed by atoms with E-state index in [2.05, 4.69) is 31.9 Å². The van der Waals surface area contributed by atoms with E-state index in [1.54, 1.807) is 25.3 Å². The van der Waals surface area contributed by atoms with Crippen molar-refractivity contribution in [2.24, 2.45) is 0 Å². The fourth-order valence-electron chi connectivity index (χ4n) is 2.12. The zero-order valence-electron chi connectivity index (χ0n) is 11.0. The quantitative estimate of drug-likeness (QED) is 0.666. The minimum Gasteiger partial charge on any atom is -0.496 e. The number of benzene rings is 2. The van der Waals surface area contributed by atoms with Crippen LogP contribution in [-0.2, 0) is 0 Å². The molecule has 1 aliphatic heterocycles. The second-order valence-electron chi connectivity index (χ2n) is 4.47. The van der Waals surface area contributed by atoms with Crippen molar-refractivity contribution in [1.82, 2.24) is 0 Å². The number of hydrogen-bond acceptors (Lipinski definition) is 3. The van der Waals surface area contributed by atoms with Crippen LogP contribution in [0.15, 0.2) is 51.1 Å². The largest absolute Gasteiger partial charge is 0.496 e. The fourth-order valence-corrected chi connectivity index (χ4v) is 2.86. The Bertz CT molecular complexity index is 766. The third kappa shape index (κ3) is 2.76. The van der Waals surface area contributed by atoms with E-state index in [0.717, 1.165) is 14.5 Å². The molecule has 0 aliphatic carbocycles. The van der Waals surface area contributed by atoms with Gasteiger partial charge in [-0.2, -0.15) is 0 Å². The number of halogens is 2. The Hall–Kier alpha value is -1.59. The van der Waals surface area contributed by atoms with Gasteiger partial charge in [0.1, 0.15) is 11.5 Å². The number of carbonyl (C=O) groups is 1. The van der Waals surface area contributed by atoms with Crippen LogP contribution in [0.25, 0.3) is 6.08 Å². The molecule has 2 aromatic carbocycles. The van der Waals surface area contributed by atoms with Crippen LogP contribution in [0.1, 0.15) is 15.9 Å². The van der Waals surface area contributed by atoms with E-state index >= 15 is 0 Å². The molecule has 0 spiro atoms. The molecule has 3 nitrogen and oxygen atoms in total. The second kappa shape index (κ2) is 5.66. The number of hydrogen-bond donors (Lipinski definition) is 0. The molecule has 1 heterocycles. The summed E-state index contributed by atoms with van der Waals surface area (Å²) < 4.78 is 12.7. The molecule has 5 heteroatoms. The van der Waals surface area contributed by atoms with Crippen molar-refractivity contribution in [1.29, 1.82) is 0 Å². The fraction of sp³-hybridized carbons (Fsp3) is 0.0625. The Morgan fingerprint density at radius 3 is 2.57 bits per heavy atom. The molecule has 0 aromatic heterocycles. The van der Waals surface area contributed by atoms with Gasteiger partial charge in [-0.3, -0.25) is 4.79 Å². The van der Waals surface area contributed by atoms with Crippen LogP contribution in [0.4, 0.5) is 0 Å². The predicted octanol–water partition coefficient (Wildman–Crippen LogP) is 4.84. The monoisotopic (exact) mass is 408 g/mol. The molecule has 0 fully saturated rings. The summed E-state index contributed by atoms with van der Waals surface area (Å²) in [5.74, 6) is 1.41. The lowest BCUT2D eigenvalue weighted by Crippen LogP contribution is -1.99. The van der Waals surface area contributed by atoms with Crippen LogP contribution in [0.3, 0.4) is 0 Å². The van der Waals surface area contributed by atoms with Gasteiger partial charge in [0.25, 0.3) is 0 Å². The molecule has 1 aliphatic rings. The molecule has 0 unspecified atom stereocenters. The topological polar surface area (TPSA) is 35.5 Å². The molecule has 2 aromatic rings. The number of methoxy groups -OCH3 is 1. The first-order chi connectivity index (χ1) is 10.1. The van der Waals surface area contributed by atoms with Gasteiger partial charge in [0.05, 0.1) is 12.7 Å². The second-order valence-corrected chi connectivity index (χ2v) is 6.30. The van der Waals surface area contributed by atoms with Gasteiger partial charge in [-0.05, 0) is 42.5 Å². The highest BCUT2D eigenvalue weighted by molar-refractivity contribution is 9.10. The summed E-state index contributed by atoms with van der Waals surface area (Å²) in [6.45, 7) is 0. The van der Waals surface area contributed by atoms with E-state index in [4.69, 9.17) is 9.47 Å². The van der Waals surface area contributed by atoms with Crippen molar-refractivity contribution < 1.29 is 14.3 Å². The van der Waals surface area contributed by atoms with Crippen LogP contribution >= 0.6 is 31.9 Å². The number of ketones is 1. The van der Waals surface area contributed by atoms with E-state index < -0.39 is 0 Å². The molecule has 0 amide bonds. The number of Topliss-reactive ketones (excluding diaryl/α,β-unsaturated/α-hetero) is 1. The summed E-state index contributed by atoms with van der Waals surface area (Å²) in [7, 11) is 1.59. The van der Waals surface area contributed by atoms with Gasteiger partial charge in [0.2, 0.25) is 5.78 Å². The van der Waals surface area contributed by atoms with Crippen molar-refractivity contribution in [2.75, 3.05) is 7.11 Å². The number of ether oxygens (including phenoxy) is 2. The maximum Gasteiger partial charge on any atom is 0.232 e. The van der Waals surface area contributed by atoms with Crippen molar-refractivity contribution in [2.45, 2.75) is 0 Å². The summed E-state index contributed by atoms with van der Waals surface area (Å²) in [4.78, 5) is 12.4. The summed E-state index contributed by atoms with van der Waals surface area (Å²) >= 11 is 6.77. The summed E-state index contributed by atoms with van der Waals surface area (Å²) in [6.07, 6.45) is 1.69.